The zero-order valence-electron chi connectivity index (χ0n) is 8.11. The van der Waals surface area contributed by atoms with Gasteiger partial charge in [0.2, 0.25) is 6.41 Å². The van der Waals surface area contributed by atoms with Gasteiger partial charge in [-0.2, -0.15) is 5.10 Å². The molecule has 2 aromatic rings. The average Bonchev–Trinajstić information content (AvgIpc) is 2.68. The van der Waals surface area contributed by atoms with Crippen LogP contribution in [0.1, 0.15) is 13.8 Å². The Bertz CT molecular complexity index is 410. The van der Waals surface area contributed by atoms with Crippen LogP contribution in [0.5, 0.6) is 0 Å². The molecule has 5 nitrogen and oxygen atoms in total. The molecule has 0 aliphatic carbocycles. The van der Waals surface area contributed by atoms with E-state index in [2.05, 4.69) is 20.5 Å². The van der Waals surface area contributed by atoms with Crippen molar-refractivity contribution < 1.29 is 4.79 Å². The third-order valence-electron chi connectivity index (χ3n) is 1.50. The first-order chi connectivity index (χ1) is 6.90. The second-order valence-corrected chi connectivity index (χ2v) is 2.26. The van der Waals surface area contributed by atoms with E-state index in [1.165, 1.54) is 0 Å². The topological polar surface area (TPSA) is 70.7 Å². The van der Waals surface area contributed by atoms with Crippen LogP contribution >= 0.6 is 0 Å². The number of carbonyl (C=O) groups excluding carboxylic acids is 1. The zero-order valence-corrected chi connectivity index (χ0v) is 8.11. The number of rotatable bonds is 2. The molecule has 2 heterocycles. The summed E-state index contributed by atoms with van der Waals surface area (Å²) in [6.45, 7) is 4.00. The first kappa shape index (κ1) is 10.2. The number of nitrogens with zero attached hydrogens (tertiary/aromatic N) is 2. The number of aromatic amines is 1. The molecule has 2 N–H and O–H groups in total. The second kappa shape index (κ2) is 4.96. The van der Waals surface area contributed by atoms with Gasteiger partial charge < -0.3 is 5.32 Å². The molecule has 2 aromatic heterocycles. The minimum Gasteiger partial charge on any atom is -0.313 e. The average molecular weight is 192 g/mol. The van der Waals surface area contributed by atoms with E-state index in [4.69, 9.17) is 0 Å². The van der Waals surface area contributed by atoms with Crippen LogP contribution in [0, 0.1) is 0 Å². The van der Waals surface area contributed by atoms with Gasteiger partial charge in [0.05, 0.1) is 11.7 Å². The van der Waals surface area contributed by atoms with Crippen LogP contribution in [-0.4, -0.2) is 21.6 Å². The molecule has 5 heteroatoms. The summed E-state index contributed by atoms with van der Waals surface area (Å²) in [6, 6.07) is 3.51. The molecule has 0 saturated heterocycles. The molecule has 0 saturated carbocycles. The Hall–Kier alpha value is -1.91. The molecule has 0 atom stereocenters. The van der Waals surface area contributed by atoms with Crippen molar-refractivity contribution in [2.45, 2.75) is 13.8 Å². The molecule has 0 fully saturated rings. The molecule has 0 radical (unpaired) electrons. The highest BCUT2D eigenvalue weighted by Crippen LogP contribution is 2.10. The van der Waals surface area contributed by atoms with Gasteiger partial charge in [0.25, 0.3) is 0 Å². The van der Waals surface area contributed by atoms with Gasteiger partial charge >= 0.3 is 0 Å². The maximum atomic E-state index is 10.1. The highest BCUT2D eigenvalue weighted by molar-refractivity contribution is 5.78. The molecule has 0 spiro atoms. The zero-order chi connectivity index (χ0) is 10.4. The minimum absolute atomic E-state index is 0.527. The number of pyridine rings is 1. The molecule has 2 rings (SSSR count). The Morgan fingerprint density at radius 1 is 1.43 bits per heavy atom. The number of carbonyl (C=O) groups is 1. The largest absolute Gasteiger partial charge is 0.313 e. The lowest BCUT2D eigenvalue weighted by atomic mass is 10.4. The smallest absolute Gasteiger partial charge is 0.212 e. The fraction of sp³-hybridized carbons (Fsp3) is 0.222. The third-order valence-corrected chi connectivity index (χ3v) is 1.50. The second-order valence-electron chi connectivity index (χ2n) is 2.26. The molecule has 0 aliphatic rings. The normalized spacial score (nSPS) is 9.00. The number of hydrogen-bond donors (Lipinski definition) is 2. The first-order valence-corrected chi connectivity index (χ1v) is 4.40. The van der Waals surface area contributed by atoms with Crippen LogP contribution in [0.15, 0.2) is 18.3 Å². The standard InChI is InChI=1S/C7H6N4O.C2H6/c12-4-8-7-2-1-5-6(10-7)3-9-11-5;1-2/h1-4H,(H,9,11)(H,8,10,12);1-2H3. The summed E-state index contributed by atoms with van der Waals surface area (Å²) in [5, 5.41) is 9.02. The van der Waals surface area contributed by atoms with E-state index in [0.717, 1.165) is 11.0 Å². The fourth-order valence-electron chi connectivity index (χ4n) is 0.972. The van der Waals surface area contributed by atoms with Crippen LogP contribution in [-0.2, 0) is 4.79 Å². The maximum absolute atomic E-state index is 10.1. The predicted molar refractivity (Wildman–Crippen MR) is 54.9 cm³/mol. The van der Waals surface area contributed by atoms with Gasteiger partial charge in [0.1, 0.15) is 11.3 Å². The maximum Gasteiger partial charge on any atom is 0.212 e. The highest BCUT2D eigenvalue weighted by atomic mass is 16.1. The molecular formula is C9H12N4O. The van der Waals surface area contributed by atoms with E-state index < -0.39 is 0 Å². The quantitative estimate of drug-likeness (QED) is 0.709. The number of H-pyrrole nitrogens is 1. The van der Waals surface area contributed by atoms with Gasteiger partial charge in [-0.3, -0.25) is 9.89 Å². The van der Waals surface area contributed by atoms with Crippen LogP contribution in [0.2, 0.25) is 0 Å². The fourth-order valence-corrected chi connectivity index (χ4v) is 0.972. The van der Waals surface area contributed by atoms with Crippen molar-refractivity contribution in [2.24, 2.45) is 0 Å². The highest BCUT2D eigenvalue weighted by Gasteiger charge is 1.97. The minimum atomic E-state index is 0.527. The first-order valence-electron chi connectivity index (χ1n) is 4.40. The SMILES string of the molecule is CC.O=CNc1ccc2[nH]ncc2n1. The summed E-state index contributed by atoms with van der Waals surface area (Å²) in [7, 11) is 0. The van der Waals surface area contributed by atoms with Crippen LogP contribution < -0.4 is 5.32 Å². The molecule has 0 bridgehead atoms. The Balaban J connectivity index is 0.000000461. The third kappa shape index (κ3) is 2.07. The van der Waals surface area contributed by atoms with Crippen molar-refractivity contribution in [2.75, 3.05) is 5.32 Å². The van der Waals surface area contributed by atoms with Gasteiger partial charge in [0, 0.05) is 0 Å². The molecule has 74 valence electrons. The van der Waals surface area contributed by atoms with Crippen molar-refractivity contribution >= 4 is 23.3 Å². The van der Waals surface area contributed by atoms with Gasteiger partial charge in [-0.1, -0.05) is 13.8 Å². The monoisotopic (exact) mass is 192 g/mol. The summed E-state index contributed by atoms with van der Waals surface area (Å²) >= 11 is 0. The van der Waals surface area contributed by atoms with Crippen molar-refractivity contribution in [3.05, 3.63) is 18.3 Å². The Morgan fingerprint density at radius 2 is 2.21 bits per heavy atom. The number of hydrogen-bond acceptors (Lipinski definition) is 3. The number of nitrogens with one attached hydrogen (secondary N) is 2. The van der Waals surface area contributed by atoms with E-state index in [-0.39, 0.29) is 0 Å². The molecule has 0 aromatic carbocycles. The van der Waals surface area contributed by atoms with Gasteiger partial charge in [-0.05, 0) is 12.1 Å². The van der Waals surface area contributed by atoms with Crippen LogP contribution in [0.3, 0.4) is 0 Å². The van der Waals surface area contributed by atoms with E-state index >= 15 is 0 Å². The van der Waals surface area contributed by atoms with E-state index in [0.29, 0.717) is 12.2 Å². The summed E-state index contributed by atoms with van der Waals surface area (Å²) in [4.78, 5) is 14.2. The summed E-state index contributed by atoms with van der Waals surface area (Å²) in [5.41, 5.74) is 1.59. The van der Waals surface area contributed by atoms with Crippen LogP contribution in [0.25, 0.3) is 11.0 Å². The van der Waals surface area contributed by atoms with Crippen molar-refractivity contribution in [1.29, 1.82) is 0 Å². The summed E-state index contributed by atoms with van der Waals surface area (Å²) in [5.74, 6) is 0.527. The number of aromatic nitrogens is 3. The summed E-state index contributed by atoms with van der Waals surface area (Å²) in [6.07, 6.45) is 2.19. The van der Waals surface area contributed by atoms with Crippen molar-refractivity contribution in [1.82, 2.24) is 15.2 Å². The molecule has 0 unspecified atom stereocenters. The lowest BCUT2D eigenvalue weighted by molar-refractivity contribution is -0.105. The van der Waals surface area contributed by atoms with E-state index in [9.17, 15) is 4.79 Å². The number of fused-ring (bicyclic) bond motifs is 1. The Kier molecular flexibility index (Phi) is 3.60. The molecule has 0 aliphatic heterocycles. The van der Waals surface area contributed by atoms with Crippen molar-refractivity contribution in [3.8, 4) is 0 Å². The number of amides is 1. The van der Waals surface area contributed by atoms with E-state index in [1.54, 1.807) is 18.3 Å². The Morgan fingerprint density at radius 3 is 2.93 bits per heavy atom. The van der Waals surface area contributed by atoms with Crippen molar-refractivity contribution in [3.63, 3.8) is 0 Å². The van der Waals surface area contributed by atoms with E-state index in [1.807, 2.05) is 13.8 Å². The summed E-state index contributed by atoms with van der Waals surface area (Å²) < 4.78 is 0. The lowest BCUT2D eigenvalue weighted by Gasteiger charge is -1.95. The lowest BCUT2D eigenvalue weighted by Crippen LogP contribution is -1.95. The van der Waals surface area contributed by atoms with Gasteiger partial charge in [0.15, 0.2) is 0 Å². The molecule has 1 amide bonds. The van der Waals surface area contributed by atoms with Crippen LogP contribution in [0.4, 0.5) is 5.82 Å². The number of anilines is 1. The Labute approximate surface area is 81.5 Å². The molecule has 14 heavy (non-hydrogen) atoms. The predicted octanol–water partition coefficient (Wildman–Crippen LogP) is 1.55. The molecular weight excluding hydrogens is 180 g/mol. The van der Waals surface area contributed by atoms with Gasteiger partial charge in [-0.25, -0.2) is 4.98 Å². The van der Waals surface area contributed by atoms with Gasteiger partial charge in [-0.15, -0.1) is 0 Å².